The van der Waals surface area contributed by atoms with E-state index in [2.05, 4.69) is 5.32 Å². The molecule has 0 aromatic rings. The van der Waals surface area contributed by atoms with E-state index < -0.39 is 18.4 Å². The molecule has 0 saturated carbocycles. The van der Waals surface area contributed by atoms with Crippen molar-refractivity contribution < 1.29 is 23.4 Å². The predicted octanol–water partition coefficient (Wildman–Crippen LogP) is 0.475. The van der Waals surface area contributed by atoms with Crippen LogP contribution in [0, 0.1) is 0 Å². The summed E-state index contributed by atoms with van der Waals surface area (Å²) in [6.07, 6.45) is 1.72. The molecule has 0 spiro atoms. The standard InChI is InChI=1S/C8H13F2NO3/c9-8(10,7(12)13)5-11-4-6-2-1-3-14-6/h6,11H,1-5H2,(H,12,13). The lowest BCUT2D eigenvalue weighted by molar-refractivity contribution is -0.164. The predicted molar refractivity (Wildman–Crippen MR) is 44.4 cm³/mol. The number of ether oxygens (including phenoxy) is 1. The number of rotatable bonds is 5. The average Bonchev–Trinajstić information content (AvgIpc) is 2.56. The summed E-state index contributed by atoms with van der Waals surface area (Å²) in [5, 5.41) is 10.5. The Morgan fingerprint density at radius 2 is 2.36 bits per heavy atom. The molecular formula is C8H13F2NO3. The largest absolute Gasteiger partial charge is 0.477 e. The number of halogens is 2. The van der Waals surface area contributed by atoms with Crippen molar-refractivity contribution in [2.75, 3.05) is 19.7 Å². The van der Waals surface area contributed by atoms with Gasteiger partial charge in [-0.05, 0) is 12.8 Å². The molecule has 14 heavy (non-hydrogen) atoms. The molecule has 1 aliphatic rings. The van der Waals surface area contributed by atoms with Gasteiger partial charge in [0.1, 0.15) is 0 Å². The third-order valence-corrected chi connectivity index (χ3v) is 2.06. The molecule has 1 fully saturated rings. The Bertz CT molecular complexity index is 205. The normalized spacial score (nSPS) is 22.6. The number of carboxylic acids is 1. The van der Waals surface area contributed by atoms with Gasteiger partial charge >= 0.3 is 11.9 Å². The van der Waals surface area contributed by atoms with Gasteiger partial charge in [0.2, 0.25) is 0 Å². The van der Waals surface area contributed by atoms with Gasteiger partial charge in [-0.25, -0.2) is 4.79 Å². The molecule has 1 atom stereocenters. The zero-order chi connectivity index (χ0) is 10.6. The fourth-order valence-electron chi connectivity index (χ4n) is 1.27. The highest BCUT2D eigenvalue weighted by Gasteiger charge is 2.38. The average molecular weight is 209 g/mol. The van der Waals surface area contributed by atoms with Crippen molar-refractivity contribution in [3.63, 3.8) is 0 Å². The van der Waals surface area contributed by atoms with Gasteiger partial charge in [-0.3, -0.25) is 0 Å². The minimum Gasteiger partial charge on any atom is -0.477 e. The molecule has 4 nitrogen and oxygen atoms in total. The van der Waals surface area contributed by atoms with Crippen molar-refractivity contribution in [3.05, 3.63) is 0 Å². The van der Waals surface area contributed by atoms with Gasteiger partial charge < -0.3 is 15.2 Å². The summed E-state index contributed by atoms with van der Waals surface area (Å²) in [5.74, 6) is -5.80. The van der Waals surface area contributed by atoms with Gasteiger partial charge in [0.05, 0.1) is 12.6 Å². The highest BCUT2D eigenvalue weighted by molar-refractivity contribution is 5.75. The Balaban J connectivity index is 2.16. The second-order valence-electron chi connectivity index (χ2n) is 3.28. The van der Waals surface area contributed by atoms with Crippen LogP contribution in [0.5, 0.6) is 0 Å². The van der Waals surface area contributed by atoms with E-state index in [0.29, 0.717) is 6.61 Å². The van der Waals surface area contributed by atoms with Crippen molar-refractivity contribution in [1.29, 1.82) is 0 Å². The van der Waals surface area contributed by atoms with E-state index in [-0.39, 0.29) is 12.6 Å². The van der Waals surface area contributed by atoms with Crippen LogP contribution in [0.2, 0.25) is 0 Å². The summed E-state index contributed by atoms with van der Waals surface area (Å²) in [5.41, 5.74) is 0. The van der Waals surface area contributed by atoms with Gasteiger partial charge in [0.15, 0.2) is 0 Å². The quantitative estimate of drug-likeness (QED) is 0.691. The van der Waals surface area contributed by atoms with Crippen LogP contribution in [-0.2, 0) is 9.53 Å². The van der Waals surface area contributed by atoms with Crippen molar-refractivity contribution >= 4 is 5.97 Å². The lowest BCUT2D eigenvalue weighted by atomic mass is 10.2. The maximum Gasteiger partial charge on any atom is 0.375 e. The molecule has 1 rings (SSSR count). The Hall–Kier alpha value is -0.750. The minimum absolute atomic E-state index is 0.0559. The number of carbonyl (C=O) groups is 1. The van der Waals surface area contributed by atoms with Crippen molar-refractivity contribution in [3.8, 4) is 0 Å². The third-order valence-electron chi connectivity index (χ3n) is 2.06. The molecule has 0 amide bonds. The number of hydrogen-bond acceptors (Lipinski definition) is 3. The second kappa shape index (κ2) is 4.65. The summed E-state index contributed by atoms with van der Waals surface area (Å²) < 4.78 is 30.2. The van der Waals surface area contributed by atoms with E-state index in [1.54, 1.807) is 0 Å². The lowest BCUT2D eigenvalue weighted by Crippen LogP contribution is -2.42. The van der Waals surface area contributed by atoms with E-state index in [9.17, 15) is 13.6 Å². The molecule has 0 bridgehead atoms. The first-order chi connectivity index (χ1) is 6.52. The van der Waals surface area contributed by atoms with Crippen LogP contribution >= 0.6 is 0 Å². The van der Waals surface area contributed by atoms with Crippen LogP contribution in [-0.4, -0.2) is 42.8 Å². The number of nitrogens with one attached hydrogen (secondary N) is 1. The molecule has 1 aliphatic heterocycles. The Morgan fingerprint density at radius 1 is 1.64 bits per heavy atom. The Labute approximate surface area is 80.2 Å². The van der Waals surface area contributed by atoms with Gasteiger partial charge in [0, 0.05) is 13.2 Å². The van der Waals surface area contributed by atoms with Gasteiger partial charge in [-0.15, -0.1) is 0 Å². The Morgan fingerprint density at radius 3 is 2.86 bits per heavy atom. The highest BCUT2D eigenvalue weighted by atomic mass is 19.3. The summed E-state index contributed by atoms with van der Waals surface area (Å²) in [6, 6.07) is 0. The van der Waals surface area contributed by atoms with Crippen LogP contribution in [0.3, 0.4) is 0 Å². The maximum atomic E-state index is 12.5. The Kier molecular flexibility index (Phi) is 3.77. The van der Waals surface area contributed by atoms with Crippen LogP contribution < -0.4 is 5.32 Å². The topological polar surface area (TPSA) is 58.6 Å². The molecular weight excluding hydrogens is 196 g/mol. The van der Waals surface area contributed by atoms with Crippen molar-refractivity contribution in [2.45, 2.75) is 24.9 Å². The molecule has 0 radical (unpaired) electrons. The number of hydrogen-bond donors (Lipinski definition) is 2. The molecule has 0 aromatic heterocycles. The second-order valence-corrected chi connectivity index (χ2v) is 3.28. The van der Waals surface area contributed by atoms with Gasteiger partial charge in [-0.1, -0.05) is 0 Å². The molecule has 1 heterocycles. The van der Waals surface area contributed by atoms with E-state index in [1.165, 1.54) is 0 Å². The molecule has 2 N–H and O–H groups in total. The molecule has 6 heteroatoms. The number of alkyl halides is 2. The van der Waals surface area contributed by atoms with E-state index >= 15 is 0 Å². The summed E-state index contributed by atoms with van der Waals surface area (Å²) >= 11 is 0. The molecule has 0 aromatic carbocycles. The summed E-state index contributed by atoms with van der Waals surface area (Å²) in [4.78, 5) is 10.0. The summed E-state index contributed by atoms with van der Waals surface area (Å²) in [6.45, 7) is 0.0900. The van der Waals surface area contributed by atoms with E-state index in [0.717, 1.165) is 12.8 Å². The van der Waals surface area contributed by atoms with Crippen LogP contribution in [0.25, 0.3) is 0 Å². The highest BCUT2D eigenvalue weighted by Crippen LogP contribution is 2.13. The SMILES string of the molecule is O=C(O)C(F)(F)CNCC1CCCO1. The van der Waals surface area contributed by atoms with Crippen LogP contribution in [0.15, 0.2) is 0 Å². The number of aliphatic carboxylic acids is 1. The van der Waals surface area contributed by atoms with E-state index in [4.69, 9.17) is 9.84 Å². The van der Waals surface area contributed by atoms with Crippen molar-refractivity contribution in [1.82, 2.24) is 5.32 Å². The summed E-state index contributed by atoms with van der Waals surface area (Å²) in [7, 11) is 0. The fourth-order valence-corrected chi connectivity index (χ4v) is 1.27. The first-order valence-electron chi connectivity index (χ1n) is 4.46. The monoisotopic (exact) mass is 209 g/mol. The van der Waals surface area contributed by atoms with Crippen LogP contribution in [0.4, 0.5) is 8.78 Å². The van der Waals surface area contributed by atoms with Crippen LogP contribution in [0.1, 0.15) is 12.8 Å². The molecule has 82 valence electrons. The first kappa shape index (κ1) is 11.3. The van der Waals surface area contributed by atoms with Gasteiger partial charge in [0.25, 0.3) is 0 Å². The minimum atomic E-state index is -3.70. The molecule has 1 saturated heterocycles. The van der Waals surface area contributed by atoms with Gasteiger partial charge in [-0.2, -0.15) is 8.78 Å². The maximum absolute atomic E-state index is 12.5. The molecule has 0 aliphatic carbocycles. The zero-order valence-corrected chi connectivity index (χ0v) is 7.63. The third kappa shape index (κ3) is 3.19. The zero-order valence-electron chi connectivity index (χ0n) is 7.63. The lowest BCUT2D eigenvalue weighted by Gasteiger charge is -2.14. The van der Waals surface area contributed by atoms with E-state index in [1.807, 2.05) is 0 Å². The first-order valence-corrected chi connectivity index (χ1v) is 4.46. The molecule has 1 unspecified atom stereocenters. The van der Waals surface area contributed by atoms with Crippen molar-refractivity contribution in [2.24, 2.45) is 0 Å². The number of carboxylic acid groups (broad SMARTS) is 1. The fraction of sp³-hybridized carbons (Fsp3) is 0.875. The smallest absolute Gasteiger partial charge is 0.375 e.